The van der Waals surface area contributed by atoms with Gasteiger partial charge in [0.1, 0.15) is 5.75 Å². The summed E-state index contributed by atoms with van der Waals surface area (Å²) in [5, 5.41) is 17.2. The van der Waals surface area contributed by atoms with Gasteiger partial charge in [-0.3, -0.25) is 10.7 Å². The van der Waals surface area contributed by atoms with E-state index in [1.807, 2.05) is 31.5 Å². The van der Waals surface area contributed by atoms with Crippen molar-refractivity contribution in [3.8, 4) is 28.7 Å². The molecule has 3 rings (SSSR count). The maximum absolute atomic E-state index is 11.8. The van der Waals surface area contributed by atoms with Gasteiger partial charge < -0.3 is 13.9 Å². The van der Waals surface area contributed by atoms with Crippen LogP contribution in [0.25, 0.3) is 22.9 Å². The van der Waals surface area contributed by atoms with Gasteiger partial charge in [-0.2, -0.15) is 0 Å². The molecule has 0 aliphatic heterocycles. The fourth-order valence-corrected chi connectivity index (χ4v) is 2.32. The van der Waals surface area contributed by atoms with Crippen molar-refractivity contribution in [2.24, 2.45) is 0 Å². The van der Waals surface area contributed by atoms with Crippen LogP contribution in [-0.4, -0.2) is 35.6 Å². The van der Waals surface area contributed by atoms with Crippen LogP contribution in [-0.2, 0) is 4.74 Å². The van der Waals surface area contributed by atoms with E-state index in [-0.39, 0.29) is 23.0 Å². The van der Waals surface area contributed by atoms with E-state index in [9.17, 15) is 4.79 Å². The highest BCUT2D eigenvalue weighted by molar-refractivity contribution is 5.96. The Labute approximate surface area is 156 Å². The van der Waals surface area contributed by atoms with E-state index in [0.29, 0.717) is 16.9 Å². The van der Waals surface area contributed by atoms with E-state index in [1.165, 1.54) is 19.2 Å². The Hall–Kier alpha value is -3.39. The molecule has 1 heterocycles. The van der Waals surface area contributed by atoms with Crippen LogP contribution in [0.1, 0.15) is 24.2 Å². The molecule has 142 valence electrons. The first-order chi connectivity index (χ1) is 13.2. The first kappa shape index (κ1) is 19.9. The van der Waals surface area contributed by atoms with Gasteiger partial charge in [0.15, 0.2) is 0 Å². The van der Waals surface area contributed by atoms with Crippen LogP contribution >= 0.6 is 0 Å². The Morgan fingerprint density at radius 1 is 1.07 bits per heavy atom. The molecule has 2 aromatic carbocycles. The van der Waals surface area contributed by atoms with Crippen LogP contribution in [0, 0.1) is 0 Å². The first-order valence-corrected chi connectivity index (χ1v) is 8.27. The Kier molecular flexibility index (Phi) is 6.90. The zero-order chi connectivity index (χ0) is 19.8. The number of esters is 1. The van der Waals surface area contributed by atoms with Gasteiger partial charge in [-0.15, -0.1) is 10.2 Å². The molecule has 0 bridgehead atoms. The van der Waals surface area contributed by atoms with Gasteiger partial charge in [-0.05, 0) is 30.3 Å². The highest BCUT2D eigenvalue weighted by Gasteiger charge is 2.18. The van der Waals surface area contributed by atoms with Crippen molar-refractivity contribution in [2.45, 2.75) is 13.8 Å². The second-order valence-corrected chi connectivity index (χ2v) is 4.98. The third kappa shape index (κ3) is 4.24. The van der Waals surface area contributed by atoms with Gasteiger partial charge in [0, 0.05) is 5.56 Å². The van der Waals surface area contributed by atoms with Crippen LogP contribution in [0.4, 0.5) is 5.69 Å². The molecule has 3 aromatic rings. The van der Waals surface area contributed by atoms with Crippen molar-refractivity contribution in [1.29, 1.82) is 0 Å². The summed E-state index contributed by atoms with van der Waals surface area (Å²) in [5.41, 5.74) is 3.46. The number of hydrogen-bond donors (Lipinski definition) is 2. The highest BCUT2D eigenvalue weighted by Crippen LogP contribution is 2.31. The largest absolute Gasteiger partial charge is 0.496 e. The SMILES string of the molecule is CC.COC(=O)c1cc(-c2nnc(-c3ccccc3OC)o2)ccc1NO. The number of nitrogens with one attached hydrogen (secondary N) is 1. The molecule has 0 atom stereocenters. The van der Waals surface area contributed by atoms with Gasteiger partial charge in [0.25, 0.3) is 5.89 Å². The van der Waals surface area contributed by atoms with E-state index >= 15 is 0 Å². The van der Waals surface area contributed by atoms with Crippen molar-refractivity contribution in [3.05, 3.63) is 48.0 Å². The number of nitrogens with zero attached hydrogens (tertiary/aromatic N) is 2. The molecule has 27 heavy (non-hydrogen) atoms. The lowest BCUT2D eigenvalue weighted by atomic mass is 10.1. The zero-order valence-corrected chi connectivity index (χ0v) is 15.5. The number of hydrogen-bond acceptors (Lipinski definition) is 8. The molecule has 8 nitrogen and oxygen atoms in total. The number of ether oxygens (including phenoxy) is 2. The highest BCUT2D eigenvalue weighted by atomic mass is 16.5. The molecular weight excluding hydrogens is 350 g/mol. The Bertz CT molecular complexity index is 908. The van der Waals surface area contributed by atoms with Gasteiger partial charge in [0.05, 0.1) is 31.0 Å². The first-order valence-electron chi connectivity index (χ1n) is 8.27. The average Bonchev–Trinajstić information content (AvgIpc) is 3.24. The van der Waals surface area contributed by atoms with Crippen LogP contribution in [0.3, 0.4) is 0 Å². The number of carbonyl (C=O) groups excluding carboxylic acids is 1. The third-order valence-corrected chi connectivity index (χ3v) is 3.55. The van der Waals surface area contributed by atoms with Crippen LogP contribution < -0.4 is 10.2 Å². The van der Waals surface area contributed by atoms with Gasteiger partial charge >= 0.3 is 5.97 Å². The van der Waals surface area contributed by atoms with E-state index in [2.05, 4.69) is 10.2 Å². The summed E-state index contributed by atoms with van der Waals surface area (Å²) < 4.78 is 15.7. The lowest BCUT2D eigenvalue weighted by Gasteiger charge is -2.07. The lowest BCUT2D eigenvalue weighted by Crippen LogP contribution is -2.06. The second-order valence-electron chi connectivity index (χ2n) is 4.98. The molecule has 0 saturated carbocycles. The minimum absolute atomic E-state index is 0.138. The van der Waals surface area contributed by atoms with Crippen molar-refractivity contribution in [3.63, 3.8) is 0 Å². The quantitative estimate of drug-likeness (QED) is 0.511. The number of carbonyl (C=O) groups is 1. The maximum Gasteiger partial charge on any atom is 0.340 e. The van der Waals surface area contributed by atoms with Crippen LogP contribution in [0.2, 0.25) is 0 Å². The third-order valence-electron chi connectivity index (χ3n) is 3.55. The van der Waals surface area contributed by atoms with Crippen molar-refractivity contribution < 1.29 is 23.9 Å². The molecule has 0 radical (unpaired) electrons. The maximum atomic E-state index is 11.8. The van der Waals surface area contributed by atoms with E-state index in [1.54, 1.807) is 25.3 Å². The predicted octanol–water partition coefficient (Wildman–Crippen LogP) is 4.03. The molecule has 0 fully saturated rings. The molecule has 8 heteroatoms. The summed E-state index contributed by atoms with van der Waals surface area (Å²) in [4.78, 5) is 11.8. The summed E-state index contributed by atoms with van der Waals surface area (Å²) in [6, 6.07) is 11.9. The average molecular weight is 371 g/mol. The number of benzene rings is 2. The number of methoxy groups -OCH3 is 2. The fraction of sp³-hybridized carbons (Fsp3) is 0.211. The smallest absolute Gasteiger partial charge is 0.340 e. The summed E-state index contributed by atoms with van der Waals surface area (Å²) in [7, 11) is 2.81. The Morgan fingerprint density at radius 3 is 2.44 bits per heavy atom. The van der Waals surface area contributed by atoms with Crippen LogP contribution in [0.15, 0.2) is 46.9 Å². The minimum Gasteiger partial charge on any atom is -0.496 e. The molecule has 1 aromatic heterocycles. The minimum atomic E-state index is -0.608. The summed E-state index contributed by atoms with van der Waals surface area (Å²) in [6.45, 7) is 4.00. The van der Waals surface area contributed by atoms with Crippen LogP contribution in [0.5, 0.6) is 5.75 Å². The molecule has 0 aliphatic carbocycles. The summed E-state index contributed by atoms with van der Waals surface area (Å²) in [5.74, 6) is 0.502. The van der Waals surface area contributed by atoms with Gasteiger partial charge in [-0.1, -0.05) is 26.0 Å². The van der Waals surface area contributed by atoms with Gasteiger partial charge in [0.2, 0.25) is 5.89 Å². The van der Waals surface area contributed by atoms with Crippen molar-refractivity contribution in [1.82, 2.24) is 10.2 Å². The molecule has 0 amide bonds. The molecule has 0 unspecified atom stereocenters. The molecule has 0 aliphatic rings. The predicted molar refractivity (Wildman–Crippen MR) is 99.8 cm³/mol. The summed E-state index contributed by atoms with van der Waals surface area (Å²) >= 11 is 0. The van der Waals surface area contributed by atoms with E-state index < -0.39 is 5.97 Å². The fourth-order valence-electron chi connectivity index (χ4n) is 2.32. The number of para-hydroxylation sites is 1. The molecular formula is C19H21N3O5. The number of anilines is 1. The molecule has 0 spiro atoms. The van der Waals surface area contributed by atoms with Crippen molar-refractivity contribution in [2.75, 3.05) is 19.7 Å². The summed E-state index contributed by atoms with van der Waals surface area (Å²) in [6.07, 6.45) is 0. The Morgan fingerprint density at radius 2 is 1.78 bits per heavy atom. The van der Waals surface area contributed by atoms with E-state index in [0.717, 1.165) is 0 Å². The Balaban J connectivity index is 0.00000126. The van der Waals surface area contributed by atoms with E-state index in [4.69, 9.17) is 19.1 Å². The molecule has 0 saturated heterocycles. The normalized spacial score (nSPS) is 9.81. The monoisotopic (exact) mass is 371 g/mol. The number of aromatic nitrogens is 2. The molecule has 2 N–H and O–H groups in total. The second kappa shape index (κ2) is 9.35. The van der Waals surface area contributed by atoms with Crippen molar-refractivity contribution >= 4 is 11.7 Å². The lowest BCUT2D eigenvalue weighted by molar-refractivity contribution is 0.0601. The van der Waals surface area contributed by atoms with Gasteiger partial charge in [-0.25, -0.2) is 4.79 Å². The number of rotatable bonds is 5. The zero-order valence-electron chi connectivity index (χ0n) is 15.5. The standard InChI is InChI=1S/C17H15N3O5.C2H6/c1-23-14-6-4-3-5-11(14)16-19-18-15(25-16)10-7-8-13(20-22)12(9-10)17(21)24-2;1-2/h3-9,20,22H,1-2H3;1-2H3. The topological polar surface area (TPSA) is 107 Å².